The van der Waals surface area contributed by atoms with E-state index in [2.05, 4.69) is 26.1 Å². The van der Waals surface area contributed by atoms with E-state index in [0.29, 0.717) is 12.1 Å². The number of carbonyl (C=O) groups is 1. The van der Waals surface area contributed by atoms with Gasteiger partial charge in [0, 0.05) is 12.1 Å². The van der Waals surface area contributed by atoms with Crippen LogP contribution in [0.4, 0.5) is 10.1 Å². The van der Waals surface area contributed by atoms with Gasteiger partial charge in [-0.25, -0.2) is 4.39 Å². The van der Waals surface area contributed by atoms with E-state index < -0.39 is 0 Å². The van der Waals surface area contributed by atoms with E-state index >= 15 is 0 Å². The summed E-state index contributed by atoms with van der Waals surface area (Å²) in [6.45, 7) is 6.29. The van der Waals surface area contributed by atoms with Gasteiger partial charge in [-0.3, -0.25) is 4.79 Å². The molecule has 0 aliphatic carbocycles. The van der Waals surface area contributed by atoms with Gasteiger partial charge in [-0.2, -0.15) is 0 Å². The van der Waals surface area contributed by atoms with Crippen LogP contribution in [0.1, 0.15) is 33.6 Å². The van der Waals surface area contributed by atoms with E-state index in [1.165, 1.54) is 12.1 Å². The van der Waals surface area contributed by atoms with Gasteiger partial charge in [0.1, 0.15) is 5.82 Å². The van der Waals surface area contributed by atoms with E-state index in [-0.39, 0.29) is 17.1 Å². The molecular formula is C13H18FNO. The van der Waals surface area contributed by atoms with E-state index in [1.807, 2.05) is 0 Å². The van der Waals surface area contributed by atoms with Crippen molar-refractivity contribution in [2.24, 2.45) is 5.41 Å². The highest BCUT2D eigenvalue weighted by Gasteiger charge is 2.12. The first kappa shape index (κ1) is 12.7. The van der Waals surface area contributed by atoms with Crippen LogP contribution < -0.4 is 5.32 Å². The number of halogens is 1. The number of anilines is 1. The molecule has 0 atom stereocenters. The number of hydrogen-bond donors (Lipinski definition) is 1. The Morgan fingerprint density at radius 1 is 1.25 bits per heavy atom. The Balaban J connectivity index is 2.43. The van der Waals surface area contributed by atoms with Gasteiger partial charge in [0.15, 0.2) is 0 Å². The molecule has 0 aliphatic heterocycles. The normalized spacial score (nSPS) is 11.2. The molecule has 0 saturated heterocycles. The minimum absolute atomic E-state index is 0.0264. The molecule has 1 N–H and O–H groups in total. The lowest BCUT2D eigenvalue weighted by molar-refractivity contribution is -0.116. The third kappa shape index (κ3) is 4.91. The molecule has 2 nitrogen and oxygen atoms in total. The van der Waals surface area contributed by atoms with Crippen molar-refractivity contribution >= 4 is 11.6 Å². The number of benzene rings is 1. The van der Waals surface area contributed by atoms with E-state index in [4.69, 9.17) is 0 Å². The first-order valence-corrected chi connectivity index (χ1v) is 5.42. The zero-order valence-corrected chi connectivity index (χ0v) is 10.0. The zero-order valence-electron chi connectivity index (χ0n) is 10.0. The van der Waals surface area contributed by atoms with Crippen molar-refractivity contribution in [3.05, 3.63) is 30.1 Å². The van der Waals surface area contributed by atoms with E-state index in [9.17, 15) is 9.18 Å². The van der Waals surface area contributed by atoms with Crippen molar-refractivity contribution in [3.63, 3.8) is 0 Å². The van der Waals surface area contributed by atoms with Crippen molar-refractivity contribution in [3.8, 4) is 0 Å². The number of nitrogens with one attached hydrogen (secondary N) is 1. The van der Waals surface area contributed by atoms with Crippen LogP contribution in [-0.4, -0.2) is 5.91 Å². The molecule has 0 radical (unpaired) electrons. The van der Waals surface area contributed by atoms with Crippen LogP contribution in [-0.2, 0) is 4.79 Å². The number of amides is 1. The lowest BCUT2D eigenvalue weighted by Crippen LogP contribution is -2.15. The van der Waals surface area contributed by atoms with Crippen molar-refractivity contribution in [1.82, 2.24) is 0 Å². The van der Waals surface area contributed by atoms with Gasteiger partial charge in [-0.15, -0.1) is 0 Å². The first-order valence-electron chi connectivity index (χ1n) is 5.42. The lowest BCUT2D eigenvalue weighted by atomic mass is 9.90. The third-order valence-electron chi connectivity index (χ3n) is 2.23. The smallest absolute Gasteiger partial charge is 0.224 e. The minimum Gasteiger partial charge on any atom is -0.326 e. The zero-order chi connectivity index (χ0) is 12.2. The monoisotopic (exact) mass is 223 g/mol. The summed E-state index contributed by atoms with van der Waals surface area (Å²) in [7, 11) is 0. The maximum atomic E-state index is 12.6. The Kier molecular flexibility index (Phi) is 4.05. The molecule has 88 valence electrons. The summed E-state index contributed by atoms with van der Waals surface area (Å²) in [6, 6.07) is 5.79. The highest BCUT2D eigenvalue weighted by atomic mass is 19.1. The average molecular weight is 223 g/mol. The van der Waals surface area contributed by atoms with Crippen molar-refractivity contribution in [2.75, 3.05) is 5.32 Å². The Bertz CT molecular complexity index is 351. The van der Waals surface area contributed by atoms with Crippen LogP contribution in [0.15, 0.2) is 24.3 Å². The maximum absolute atomic E-state index is 12.6. The molecular weight excluding hydrogens is 205 g/mol. The van der Waals surface area contributed by atoms with Crippen LogP contribution in [0.25, 0.3) is 0 Å². The van der Waals surface area contributed by atoms with Gasteiger partial charge in [0.25, 0.3) is 0 Å². The molecule has 0 fully saturated rings. The second-order valence-electron chi connectivity index (χ2n) is 5.12. The predicted octanol–water partition coefficient (Wildman–Crippen LogP) is 3.59. The molecule has 1 aromatic carbocycles. The summed E-state index contributed by atoms with van der Waals surface area (Å²) >= 11 is 0. The SMILES string of the molecule is CC(C)(C)CCC(=O)Nc1ccc(F)cc1. The molecule has 0 unspecified atom stereocenters. The van der Waals surface area contributed by atoms with Crippen LogP contribution in [0.5, 0.6) is 0 Å². The largest absolute Gasteiger partial charge is 0.326 e. The molecule has 3 heteroatoms. The molecule has 0 heterocycles. The predicted molar refractivity (Wildman–Crippen MR) is 63.7 cm³/mol. The lowest BCUT2D eigenvalue weighted by Gasteiger charge is -2.17. The fourth-order valence-electron chi connectivity index (χ4n) is 1.25. The molecule has 1 rings (SSSR count). The minimum atomic E-state index is -0.298. The van der Waals surface area contributed by atoms with E-state index in [0.717, 1.165) is 6.42 Å². The molecule has 0 bridgehead atoms. The molecule has 16 heavy (non-hydrogen) atoms. The molecule has 1 aromatic rings. The maximum Gasteiger partial charge on any atom is 0.224 e. The van der Waals surface area contributed by atoms with Crippen LogP contribution in [0.3, 0.4) is 0 Å². The van der Waals surface area contributed by atoms with Crippen LogP contribution >= 0.6 is 0 Å². The molecule has 0 spiro atoms. The van der Waals surface area contributed by atoms with Gasteiger partial charge in [0.05, 0.1) is 0 Å². The standard InChI is InChI=1S/C13H18FNO/c1-13(2,3)9-8-12(16)15-11-6-4-10(14)5-7-11/h4-7H,8-9H2,1-3H3,(H,15,16). The fraction of sp³-hybridized carbons (Fsp3) is 0.462. The number of carbonyl (C=O) groups excluding carboxylic acids is 1. The van der Waals surface area contributed by atoms with Gasteiger partial charge in [-0.05, 0) is 36.1 Å². The fourth-order valence-corrected chi connectivity index (χ4v) is 1.25. The Labute approximate surface area is 95.9 Å². The summed E-state index contributed by atoms with van der Waals surface area (Å²) in [5, 5.41) is 2.74. The summed E-state index contributed by atoms with van der Waals surface area (Å²) in [5.41, 5.74) is 0.792. The second kappa shape index (κ2) is 5.10. The highest BCUT2D eigenvalue weighted by Crippen LogP contribution is 2.20. The highest BCUT2D eigenvalue weighted by molar-refractivity contribution is 5.90. The molecule has 1 amide bonds. The Morgan fingerprint density at radius 2 is 1.81 bits per heavy atom. The summed E-state index contributed by atoms with van der Waals surface area (Å²) in [5.74, 6) is -0.325. The Morgan fingerprint density at radius 3 is 2.31 bits per heavy atom. The van der Waals surface area contributed by atoms with Crippen molar-refractivity contribution < 1.29 is 9.18 Å². The Hall–Kier alpha value is -1.38. The number of rotatable bonds is 3. The average Bonchev–Trinajstić information content (AvgIpc) is 2.18. The quantitative estimate of drug-likeness (QED) is 0.833. The molecule has 0 saturated carbocycles. The molecule has 0 aromatic heterocycles. The van der Waals surface area contributed by atoms with Gasteiger partial charge < -0.3 is 5.32 Å². The third-order valence-corrected chi connectivity index (χ3v) is 2.23. The summed E-state index contributed by atoms with van der Waals surface area (Å²) in [6.07, 6.45) is 1.32. The molecule has 0 aliphatic rings. The van der Waals surface area contributed by atoms with Crippen molar-refractivity contribution in [1.29, 1.82) is 0 Å². The first-order chi connectivity index (χ1) is 7.37. The van der Waals surface area contributed by atoms with Crippen molar-refractivity contribution in [2.45, 2.75) is 33.6 Å². The van der Waals surface area contributed by atoms with Gasteiger partial charge >= 0.3 is 0 Å². The van der Waals surface area contributed by atoms with Gasteiger partial charge in [-0.1, -0.05) is 20.8 Å². The van der Waals surface area contributed by atoms with Crippen LogP contribution in [0.2, 0.25) is 0 Å². The topological polar surface area (TPSA) is 29.1 Å². The number of hydrogen-bond acceptors (Lipinski definition) is 1. The van der Waals surface area contributed by atoms with E-state index in [1.54, 1.807) is 12.1 Å². The summed E-state index contributed by atoms with van der Waals surface area (Å²) in [4.78, 5) is 11.5. The van der Waals surface area contributed by atoms with Gasteiger partial charge in [0.2, 0.25) is 5.91 Å². The second-order valence-corrected chi connectivity index (χ2v) is 5.12. The summed E-state index contributed by atoms with van der Waals surface area (Å²) < 4.78 is 12.6. The van der Waals surface area contributed by atoms with Crippen LogP contribution in [0, 0.1) is 11.2 Å².